The van der Waals surface area contributed by atoms with Gasteiger partial charge in [-0.2, -0.15) is 13.2 Å². The van der Waals surface area contributed by atoms with Gasteiger partial charge in [0, 0.05) is 5.92 Å². The molecule has 20 heavy (non-hydrogen) atoms. The van der Waals surface area contributed by atoms with Gasteiger partial charge in [0.1, 0.15) is 6.29 Å². The van der Waals surface area contributed by atoms with Crippen LogP contribution in [0.4, 0.5) is 13.2 Å². The number of hydrogen-bond acceptors (Lipinski definition) is 4. The maximum absolute atomic E-state index is 12.3. The average molecular weight is 286 g/mol. The monoisotopic (exact) mass is 286 g/mol. The van der Waals surface area contributed by atoms with Crippen LogP contribution in [0.5, 0.6) is 5.75 Å². The fourth-order valence-corrected chi connectivity index (χ4v) is 3.19. The molecule has 2 fully saturated rings. The molecule has 0 bridgehead atoms. The Hall–Kier alpha value is -1.66. The summed E-state index contributed by atoms with van der Waals surface area (Å²) in [6.45, 7) is 0. The Balaban J connectivity index is 1.52. The molecule has 1 aromatic rings. The molecule has 4 nitrogen and oxygen atoms in total. The van der Waals surface area contributed by atoms with Gasteiger partial charge in [0.2, 0.25) is 5.82 Å². The quantitative estimate of drug-likeness (QED) is 0.802. The summed E-state index contributed by atoms with van der Waals surface area (Å²) in [4.78, 5) is 17.1. The van der Waals surface area contributed by atoms with E-state index in [1.165, 1.54) is 0 Å². The minimum atomic E-state index is -4.53. The van der Waals surface area contributed by atoms with E-state index in [1.807, 2.05) is 0 Å². The van der Waals surface area contributed by atoms with Gasteiger partial charge in [-0.15, -0.1) is 0 Å². The number of ether oxygens (including phenoxy) is 1. The topological polar surface area (TPSA) is 52.1 Å². The third-order valence-corrected chi connectivity index (χ3v) is 4.09. The largest absolute Gasteiger partial charge is 0.487 e. The van der Waals surface area contributed by atoms with Crippen LogP contribution in [0.2, 0.25) is 0 Å². The van der Waals surface area contributed by atoms with Crippen LogP contribution in [0.15, 0.2) is 12.4 Å². The van der Waals surface area contributed by atoms with E-state index >= 15 is 0 Å². The van der Waals surface area contributed by atoms with Crippen LogP contribution >= 0.6 is 0 Å². The van der Waals surface area contributed by atoms with Gasteiger partial charge >= 0.3 is 6.18 Å². The molecule has 2 saturated carbocycles. The van der Waals surface area contributed by atoms with Crippen molar-refractivity contribution in [3.05, 3.63) is 18.2 Å². The lowest BCUT2D eigenvalue weighted by atomic mass is 9.51. The number of nitrogens with zero attached hydrogens (tertiary/aromatic N) is 2. The van der Waals surface area contributed by atoms with Crippen LogP contribution in [-0.2, 0) is 11.0 Å². The summed E-state index contributed by atoms with van der Waals surface area (Å²) in [5.41, 5.74) is 0.225. The van der Waals surface area contributed by atoms with E-state index in [9.17, 15) is 18.0 Å². The van der Waals surface area contributed by atoms with Crippen molar-refractivity contribution in [2.45, 2.75) is 38.0 Å². The predicted octanol–water partition coefficient (Wildman–Crippen LogP) is 2.63. The first kappa shape index (κ1) is 13.3. The van der Waals surface area contributed by atoms with Crippen molar-refractivity contribution in [2.24, 2.45) is 11.3 Å². The van der Waals surface area contributed by atoms with Crippen LogP contribution in [-0.4, -0.2) is 22.4 Å². The van der Waals surface area contributed by atoms with Gasteiger partial charge in [0.15, 0.2) is 5.75 Å². The summed E-state index contributed by atoms with van der Waals surface area (Å²) < 4.78 is 42.4. The highest BCUT2D eigenvalue weighted by molar-refractivity contribution is 5.56. The molecule has 0 atom stereocenters. The SMILES string of the molecule is O=CC1CC2(C1)CC(Oc1cnc(C(F)(F)F)nc1)C2. The number of rotatable bonds is 3. The highest BCUT2D eigenvalue weighted by atomic mass is 19.4. The van der Waals surface area contributed by atoms with Crippen LogP contribution in [0.3, 0.4) is 0 Å². The molecule has 1 heterocycles. The number of hydrogen-bond donors (Lipinski definition) is 0. The van der Waals surface area contributed by atoms with Gasteiger partial charge in [-0.3, -0.25) is 0 Å². The first-order chi connectivity index (χ1) is 9.40. The van der Waals surface area contributed by atoms with Crippen molar-refractivity contribution in [2.75, 3.05) is 0 Å². The Morgan fingerprint density at radius 3 is 2.30 bits per heavy atom. The normalized spacial score (nSPS) is 32.4. The molecule has 2 aliphatic rings. The van der Waals surface area contributed by atoms with Crippen molar-refractivity contribution in [1.82, 2.24) is 9.97 Å². The second-order valence-corrected chi connectivity index (χ2v) is 5.69. The summed E-state index contributed by atoms with van der Waals surface area (Å²) >= 11 is 0. The summed E-state index contributed by atoms with van der Waals surface area (Å²) in [5.74, 6) is -0.739. The van der Waals surface area contributed by atoms with E-state index < -0.39 is 12.0 Å². The fraction of sp³-hybridized carbons (Fsp3) is 0.615. The molecule has 0 aromatic carbocycles. The maximum Gasteiger partial charge on any atom is 0.451 e. The predicted molar refractivity (Wildman–Crippen MR) is 61.9 cm³/mol. The van der Waals surface area contributed by atoms with Crippen LogP contribution in [0, 0.1) is 11.3 Å². The molecule has 108 valence electrons. The molecule has 0 unspecified atom stereocenters. The Kier molecular flexibility index (Phi) is 2.95. The van der Waals surface area contributed by atoms with Crippen LogP contribution in [0.25, 0.3) is 0 Å². The first-order valence-electron chi connectivity index (χ1n) is 6.41. The number of carbonyl (C=O) groups is 1. The molecule has 0 N–H and O–H groups in total. The van der Waals surface area contributed by atoms with Crippen molar-refractivity contribution in [3.8, 4) is 5.75 Å². The summed E-state index contributed by atoms with van der Waals surface area (Å²) in [6, 6.07) is 0. The van der Waals surface area contributed by atoms with Crippen molar-refractivity contribution in [3.63, 3.8) is 0 Å². The molecule has 0 aliphatic heterocycles. The number of aldehydes is 1. The number of alkyl halides is 3. The molecule has 0 saturated heterocycles. The maximum atomic E-state index is 12.3. The zero-order chi connectivity index (χ0) is 14.4. The zero-order valence-electron chi connectivity index (χ0n) is 10.6. The van der Waals surface area contributed by atoms with Crippen molar-refractivity contribution >= 4 is 6.29 Å². The number of carbonyl (C=O) groups excluding carboxylic acids is 1. The standard InChI is InChI=1S/C13H13F3N2O2/c14-13(15,16)11-17-5-10(6-18-11)20-9-3-12(4-9)1-8(2-12)7-19/h5-9H,1-4H2. The lowest BCUT2D eigenvalue weighted by molar-refractivity contribution is -0.145. The van der Waals surface area contributed by atoms with Crippen LogP contribution < -0.4 is 4.74 Å². The average Bonchev–Trinajstić information content (AvgIpc) is 2.30. The van der Waals surface area contributed by atoms with E-state index in [0.717, 1.165) is 44.4 Å². The molecule has 3 rings (SSSR count). The lowest BCUT2D eigenvalue weighted by Crippen LogP contribution is -2.52. The van der Waals surface area contributed by atoms with E-state index in [2.05, 4.69) is 9.97 Å². The molecule has 7 heteroatoms. The molecule has 1 aromatic heterocycles. The lowest BCUT2D eigenvalue weighted by Gasteiger charge is -2.55. The van der Waals surface area contributed by atoms with Crippen molar-refractivity contribution < 1.29 is 22.7 Å². The highest BCUT2D eigenvalue weighted by Gasteiger charge is 2.53. The van der Waals surface area contributed by atoms with Gasteiger partial charge in [-0.05, 0) is 31.1 Å². The number of halogens is 3. The highest BCUT2D eigenvalue weighted by Crippen LogP contribution is 2.58. The van der Waals surface area contributed by atoms with Gasteiger partial charge < -0.3 is 9.53 Å². The molecule has 0 amide bonds. The first-order valence-corrected chi connectivity index (χ1v) is 6.41. The summed E-state index contributed by atoms with van der Waals surface area (Å²) in [5, 5.41) is 0. The van der Waals surface area contributed by atoms with E-state index in [0.29, 0.717) is 0 Å². The Bertz CT molecular complexity index is 501. The van der Waals surface area contributed by atoms with Gasteiger partial charge in [-0.25, -0.2) is 9.97 Å². The second-order valence-electron chi connectivity index (χ2n) is 5.69. The third-order valence-electron chi connectivity index (χ3n) is 4.09. The zero-order valence-corrected chi connectivity index (χ0v) is 10.6. The molecular weight excluding hydrogens is 273 g/mol. The second kappa shape index (κ2) is 4.43. The molecular formula is C13H13F3N2O2. The minimum absolute atomic E-state index is 0.0112. The Labute approximate surface area is 113 Å². The Morgan fingerprint density at radius 2 is 1.80 bits per heavy atom. The summed E-state index contributed by atoms with van der Waals surface area (Å²) in [6.07, 6.45) is 2.04. The summed E-state index contributed by atoms with van der Waals surface area (Å²) in [7, 11) is 0. The molecule has 2 aliphatic carbocycles. The van der Waals surface area contributed by atoms with Crippen molar-refractivity contribution in [1.29, 1.82) is 0 Å². The van der Waals surface area contributed by atoms with Gasteiger partial charge in [-0.1, -0.05) is 0 Å². The van der Waals surface area contributed by atoms with Crippen LogP contribution in [0.1, 0.15) is 31.5 Å². The fourth-order valence-electron chi connectivity index (χ4n) is 3.19. The minimum Gasteiger partial charge on any atom is -0.487 e. The molecule has 1 spiro atoms. The van der Waals surface area contributed by atoms with Gasteiger partial charge in [0.05, 0.1) is 18.5 Å². The Morgan fingerprint density at radius 1 is 1.20 bits per heavy atom. The third kappa shape index (κ3) is 2.36. The smallest absolute Gasteiger partial charge is 0.451 e. The van der Waals surface area contributed by atoms with E-state index in [-0.39, 0.29) is 23.2 Å². The number of aromatic nitrogens is 2. The van der Waals surface area contributed by atoms with Gasteiger partial charge in [0.25, 0.3) is 0 Å². The van der Waals surface area contributed by atoms with E-state index in [4.69, 9.17) is 4.74 Å². The van der Waals surface area contributed by atoms with E-state index in [1.54, 1.807) is 0 Å². The molecule has 0 radical (unpaired) electrons.